The van der Waals surface area contributed by atoms with E-state index in [-0.39, 0.29) is 0 Å². The molecule has 1 aromatic rings. The van der Waals surface area contributed by atoms with Crippen molar-refractivity contribution in [3.8, 4) is 0 Å². The van der Waals surface area contributed by atoms with Crippen LogP contribution in [0.25, 0.3) is 0 Å². The highest BCUT2D eigenvalue weighted by molar-refractivity contribution is 6.31. The number of hydrogen-bond donors (Lipinski definition) is 1. The Labute approximate surface area is 115 Å². The summed E-state index contributed by atoms with van der Waals surface area (Å²) >= 11 is 6.34. The summed E-state index contributed by atoms with van der Waals surface area (Å²) in [6.07, 6.45) is 5.00. The molecular weight excluding hydrogens is 248 g/mol. The summed E-state index contributed by atoms with van der Waals surface area (Å²) in [7, 11) is 1.90. The van der Waals surface area contributed by atoms with Gasteiger partial charge >= 0.3 is 0 Å². The molecule has 0 aliphatic rings. The van der Waals surface area contributed by atoms with Gasteiger partial charge in [-0.25, -0.2) is 0 Å². The Balaban J connectivity index is 2.96. The molecule has 0 aliphatic heterocycles. The molecule has 0 saturated heterocycles. The molecule has 0 atom stereocenters. The first-order chi connectivity index (χ1) is 8.47. The summed E-state index contributed by atoms with van der Waals surface area (Å²) in [5.74, 6) is 0. The summed E-state index contributed by atoms with van der Waals surface area (Å²) in [6, 6.07) is 0. The molecule has 0 amide bonds. The van der Waals surface area contributed by atoms with Gasteiger partial charge in [-0.05, 0) is 19.3 Å². The Morgan fingerprint density at radius 1 is 1.22 bits per heavy atom. The van der Waals surface area contributed by atoms with Crippen LogP contribution in [0.5, 0.6) is 0 Å². The molecule has 0 aromatic carbocycles. The molecule has 0 saturated carbocycles. The Morgan fingerprint density at radius 2 is 1.78 bits per heavy atom. The van der Waals surface area contributed by atoms with Crippen molar-refractivity contribution < 1.29 is 5.11 Å². The third kappa shape index (κ3) is 3.48. The van der Waals surface area contributed by atoms with E-state index in [2.05, 4.69) is 18.9 Å². The highest BCUT2D eigenvalue weighted by atomic mass is 35.5. The lowest BCUT2D eigenvalue weighted by Crippen LogP contribution is -2.32. The van der Waals surface area contributed by atoms with Gasteiger partial charge in [0.15, 0.2) is 0 Å². The molecule has 0 spiro atoms. The van der Waals surface area contributed by atoms with Gasteiger partial charge in [-0.2, -0.15) is 5.10 Å². The number of rotatable bonds is 7. The fourth-order valence-corrected chi connectivity index (χ4v) is 2.92. The average molecular weight is 273 g/mol. The van der Waals surface area contributed by atoms with Gasteiger partial charge in [0.2, 0.25) is 0 Å². The summed E-state index contributed by atoms with van der Waals surface area (Å²) in [5.41, 5.74) is 1.23. The molecule has 1 rings (SSSR count). The minimum Gasteiger partial charge on any atom is -0.389 e. The average Bonchev–Trinajstić information content (AvgIpc) is 2.57. The van der Waals surface area contributed by atoms with Gasteiger partial charge in [-0.15, -0.1) is 0 Å². The monoisotopic (exact) mass is 272 g/mol. The van der Waals surface area contributed by atoms with E-state index in [9.17, 15) is 5.11 Å². The van der Waals surface area contributed by atoms with Crippen LogP contribution >= 0.6 is 11.6 Å². The lowest BCUT2D eigenvalue weighted by Gasteiger charge is -2.27. The van der Waals surface area contributed by atoms with Gasteiger partial charge in [0.1, 0.15) is 0 Å². The van der Waals surface area contributed by atoms with Crippen molar-refractivity contribution in [3.05, 3.63) is 16.4 Å². The number of halogens is 1. The van der Waals surface area contributed by atoms with Crippen molar-refractivity contribution >= 4 is 11.6 Å². The van der Waals surface area contributed by atoms with Crippen LogP contribution in [0.15, 0.2) is 0 Å². The SMILES string of the molecule is CCCC(O)(CCC)Cc1c(Cl)c(CC)nn1C. The first kappa shape index (κ1) is 15.5. The number of aromatic nitrogens is 2. The van der Waals surface area contributed by atoms with Gasteiger partial charge in [-0.1, -0.05) is 45.2 Å². The summed E-state index contributed by atoms with van der Waals surface area (Å²) in [4.78, 5) is 0. The lowest BCUT2D eigenvalue weighted by atomic mass is 9.88. The van der Waals surface area contributed by atoms with Crippen molar-refractivity contribution in [1.29, 1.82) is 0 Å². The van der Waals surface area contributed by atoms with Crippen LogP contribution in [-0.4, -0.2) is 20.5 Å². The number of nitrogens with zero attached hydrogens (tertiary/aromatic N) is 2. The molecule has 0 unspecified atom stereocenters. The van der Waals surface area contributed by atoms with E-state index in [0.717, 1.165) is 48.5 Å². The van der Waals surface area contributed by atoms with E-state index in [4.69, 9.17) is 11.6 Å². The second-order valence-electron chi connectivity index (χ2n) is 5.09. The fourth-order valence-electron chi connectivity index (χ4n) is 2.56. The zero-order valence-electron chi connectivity index (χ0n) is 12.0. The quantitative estimate of drug-likeness (QED) is 0.825. The Hall–Kier alpha value is -0.540. The van der Waals surface area contributed by atoms with E-state index < -0.39 is 5.60 Å². The van der Waals surface area contributed by atoms with Crippen molar-refractivity contribution in [3.63, 3.8) is 0 Å². The van der Waals surface area contributed by atoms with E-state index >= 15 is 0 Å². The molecule has 3 nitrogen and oxygen atoms in total. The van der Waals surface area contributed by atoms with Crippen molar-refractivity contribution in [2.45, 2.75) is 64.9 Å². The van der Waals surface area contributed by atoms with Crippen LogP contribution in [0.3, 0.4) is 0 Å². The fraction of sp³-hybridized carbons (Fsp3) is 0.786. The van der Waals surface area contributed by atoms with E-state index in [1.54, 1.807) is 0 Å². The van der Waals surface area contributed by atoms with Crippen molar-refractivity contribution in [2.75, 3.05) is 0 Å². The van der Waals surface area contributed by atoms with Crippen molar-refractivity contribution in [1.82, 2.24) is 9.78 Å². The van der Waals surface area contributed by atoms with Crippen LogP contribution in [0.4, 0.5) is 0 Å². The maximum atomic E-state index is 10.7. The summed E-state index contributed by atoms with van der Waals surface area (Å²) in [5, 5.41) is 15.8. The maximum Gasteiger partial charge on any atom is 0.0850 e. The molecule has 0 fully saturated rings. The molecule has 4 heteroatoms. The zero-order valence-corrected chi connectivity index (χ0v) is 12.7. The van der Waals surface area contributed by atoms with Crippen molar-refractivity contribution in [2.24, 2.45) is 7.05 Å². The summed E-state index contributed by atoms with van der Waals surface area (Å²) in [6.45, 7) is 6.24. The maximum absolute atomic E-state index is 10.7. The molecule has 0 bridgehead atoms. The van der Waals surface area contributed by atoms with Gasteiger partial charge in [-0.3, -0.25) is 4.68 Å². The first-order valence-electron chi connectivity index (χ1n) is 6.90. The highest BCUT2D eigenvalue weighted by Gasteiger charge is 2.28. The van der Waals surface area contributed by atoms with Crippen LogP contribution in [-0.2, 0) is 19.9 Å². The second-order valence-corrected chi connectivity index (χ2v) is 5.46. The standard InChI is InChI=1S/C14H25ClN2O/c1-5-8-14(18,9-6-2)10-12-13(15)11(7-3)16-17(12)4/h18H,5-10H2,1-4H3. The second kappa shape index (κ2) is 6.58. The zero-order chi connectivity index (χ0) is 13.8. The van der Waals surface area contributed by atoms with Gasteiger partial charge in [0, 0.05) is 13.5 Å². The first-order valence-corrected chi connectivity index (χ1v) is 7.27. The number of hydrogen-bond acceptors (Lipinski definition) is 2. The molecule has 1 N–H and O–H groups in total. The molecule has 104 valence electrons. The van der Waals surface area contributed by atoms with E-state index in [1.807, 2.05) is 18.7 Å². The minimum absolute atomic E-state index is 0.594. The van der Waals surface area contributed by atoms with Gasteiger partial charge in [0.05, 0.1) is 22.0 Å². The van der Waals surface area contributed by atoms with Crippen LogP contribution < -0.4 is 0 Å². The molecule has 0 radical (unpaired) electrons. The third-order valence-corrected chi connectivity index (χ3v) is 3.87. The van der Waals surface area contributed by atoms with Crippen LogP contribution in [0, 0.1) is 0 Å². The largest absolute Gasteiger partial charge is 0.389 e. The molecule has 18 heavy (non-hydrogen) atoms. The number of aliphatic hydroxyl groups is 1. The topological polar surface area (TPSA) is 38.1 Å². The Kier molecular flexibility index (Phi) is 5.67. The van der Waals surface area contributed by atoms with Gasteiger partial charge in [0.25, 0.3) is 0 Å². The molecular formula is C14H25ClN2O. The predicted octanol–water partition coefficient (Wildman–Crippen LogP) is 3.51. The smallest absolute Gasteiger partial charge is 0.0850 e. The Bertz CT molecular complexity index is 381. The predicted molar refractivity (Wildman–Crippen MR) is 76.1 cm³/mol. The normalized spacial score (nSPS) is 12.1. The third-order valence-electron chi connectivity index (χ3n) is 3.43. The van der Waals surface area contributed by atoms with E-state index in [0.29, 0.717) is 6.42 Å². The van der Waals surface area contributed by atoms with Gasteiger partial charge < -0.3 is 5.11 Å². The number of aryl methyl sites for hydroxylation is 2. The molecule has 1 heterocycles. The minimum atomic E-state index is -0.647. The van der Waals surface area contributed by atoms with E-state index in [1.165, 1.54) is 0 Å². The van der Waals surface area contributed by atoms with Crippen LogP contribution in [0.2, 0.25) is 5.02 Å². The highest BCUT2D eigenvalue weighted by Crippen LogP contribution is 2.29. The lowest BCUT2D eigenvalue weighted by molar-refractivity contribution is 0.0199. The molecule has 1 aromatic heterocycles. The summed E-state index contributed by atoms with van der Waals surface area (Å²) < 4.78 is 1.82. The van der Waals surface area contributed by atoms with Crippen LogP contribution in [0.1, 0.15) is 57.8 Å². The Morgan fingerprint density at radius 3 is 2.17 bits per heavy atom. The molecule has 0 aliphatic carbocycles.